The lowest BCUT2D eigenvalue weighted by molar-refractivity contribution is -0.113. The Morgan fingerprint density at radius 2 is 2.17 bits per heavy atom. The standard InChI is InChI=1S/C7H13N3O2/c1-3-5(12-2)4-6(11)10-7(8)9/h4H,3H2,1-2H3,(H4,8,9,10,11)/b5-4+. The highest BCUT2D eigenvalue weighted by Gasteiger charge is 1.98. The number of rotatable bonds is 3. The predicted molar refractivity (Wildman–Crippen MR) is 46.2 cm³/mol. The van der Waals surface area contributed by atoms with Gasteiger partial charge in [0.1, 0.15) is 5.76 Å². The minimum Gasteiger partial charge on any atom is -0.501 e. The van der Waals surface area contributed by atoms with Crippen LogP contribution in [0.15, 0.2) is 16.8 Å². The summed E-state index contributed by atoms with van der Waals surface area (Å²) in [5, 5.41) is 0. The number of allylic oxidation sites excluding steroid dienone is 1. The van der Waals surface area contributed by atoms with Gasteiger partial charge >= 0.3 is 0 Å². The minimum atomic E-state index is -0.506. The molecular formula is C7H13N3O2. The quantitative estimate of drug-likeness (QED) is 0.264. The summed E-state index contributed by atoms with van der Waals surface area (Å²) in [5.41, 5.74) is 9.98. The molecule has 0 aromatic rings. The molecule has 0 heterocycles. The molecule has 0 fully saturated rings. The van der Waals surface area contributed by atoms with Crippen LogP contribution >= 0.6 is 0 Å². The van der Waals surface area contributed by atoms with Gasteiger partial charge in [-0.25, -0.2) is 0 Å². The number of amides is 1. The number of nitrogens with zero attached hydrogens (tertiary/aromatic N) is 1. The molecule has 0 saturated heterocycles. The van der Waals surface area contributed by atoms with Gasteiger partial charge in [0.05, 0.1) is 7.11 Å². The van der Waals surface area contributed by atoms with E-state index in [1.807, 2.05) is 6.92 Å². The maximum absolute atomic E-state index is 10.9. The van der Waals surface area contributed by atoms with Crippen molar-refractivity contribution < 1.29 is 9.53 Å². The van der Waals surface area contributed by atoms with Crippen LogP contribution in [0, 0.1) is 0 Å². The molecule has 0 bridgehead atoms. The molecule has 0 aliphatic heterocycles. The van der Waals surface area contributed by atoms with Crippen LogP contribution in [0.5, 0.6) is 0 Å². The summed E-state index contributed by atoms with van der Waals surface area (Å²) >= 11 is 0. The number of aliphatic imine (C=N–C) groups is 1. The van der Waals surface area contributed by atoms with E-state index in [4.69, 9.17) is 16.2 Å². The third-order valence-corrected chi connectivity index (χ3v) is 1.13. The first-order chi connectivity index (χ1) is 5.60. The number of nitrogens with two attached hydrogens (primary N) is 2. The normalized spacial score (nSPS) is 10.7. The topological polar surface area (TPSA) is 90.7 Å². The number of methoxy groups -OCH3 is 1. The highest BCUT2D eigenvalue weighted by molar-refractivity contribution is 5.97. The van der Waals surface area contributed by atoms with Gasteiger partial charge < -0.3 is 16.2 Å². The number of ether oxygens (including phenoxy) is 1. The summed E-state index contributed by atoms with van der Waals surface area (Å²) in [5.74, 6) is -0.207. The molecule has 0 rings (SSSR count). The summed E-state index contributed by atoms with van der Waals surface area (Å²) in [4.78, 5) is 14.2. The lowest BCUT2D eigenvalue weighted by atomic mass is 10.3. The maximum Gasteiger partial charge on any atom is 0.276 e. The second-order valence-corrected chi connectivity index (χ2v) is 2.04. The van der Waals surface area contributed by atoms with Gasteiger partial charge in [0.25, 0.3) is 5.91 Å². The summed E-state index contributed by atoms with van der Waals surface area (Å²) in [6.07, 6.45) is 1.88. The number of carbonyl (C=O) groups is 1. The summed E-state index contributed by atoms with van der Waals surface area (Å²) in [6, 6.07) is 0. The monoisotopic (exact) mass is 171 g/mol. The van der Waals surface area contributed by atoms with Crippen molar-refractivity contribution in [3.05, 3.63) is 11.8 Å². The average Bonchev–Trinajstić information content (AvgIpc) is 1.98. The largest absolute Gasteiger partial charge is 0.501 e. The molecule has 0 aromatic heterocycles. The van der Waals surface area contributed by atoms with Crippen molar-refractivity contribution in [1.29, 1.82) is 0 Å². The zero-order valence-corrected chi connectivity index (χ0v) is 7.20. The van der Waals surface area contributed by atoms with Gasteiger partial charge in [-0.05, 0) is 0 Å². The van der Waals surface area contributed by atoms with Crippen molar-refractivity contribution in [1.82, 2.24) is 0 Å². The summed E-state index contributed by atoms with van der Waals surface area (Å²) < 4.78 is 4.84. The molecule has 0 radical (unpaired) electrons. The smallest absolute Gasteiger partial charge is 0.276 e. The Hall–Kier alpha value is -1.52. The molecule has 0 spiro atoms. The summed E-state index contributed by atoms with van der Waals surface area (Å²) in [6.45, 7) is 1.86. The Morgan fingerprint density at radius 1 is 1.58 bits per heavy atom. The molecule has 4 N–H and O–H groups in total. The van der Waals surface area contributed by atoms with Crippen molar-refractivity contribution in [2.45, 2.75) is 13.3 Å². The Morgan fingerprint density at radius 3 is 2.50 bits per heavy atom. The maximum atomic E-state index is 10.9. The minimum absolute atomic E-state index is 0.247. The van der Waals surface area contributed by atoms with Gasteiger partial charge in [0.15, 0.2) is 5.96 Å². The Kier molecular flexibility index (Phi) is 4.52. The molecule has 0 aliphatic rings. The third-order valence-electron chi connectivity index (χ3n) is 1.13. The van der Waals surface area contributed by atoms with E-state index in [-0.39, 0.29) is 5.96 Å². The van der Waals surface area contributed by atoms with Crippen LogP contribution in [0.3, 0.4) is 0 Å². The van der Waals surface area contributed by atoms with Crippen molar-refractivity contribution in [3.63, 3.8) is 0 Å². The highest BCUT2D eigenvalue weighted by atomic mass is 16.5. The fourth-order valence-corrected chi connectivity index (χ4v) is 0.603. The number of hydrogen-bond acceptors (Lipinski definition) is 2. The fourth-order valence-electron chi connectivity index (χ4n) is 0.603. The van der Waals surface area contributed by atoms with E-state index in [0.29, 0.717) is 12.2 Å². The molecule has 0 aromatic carbocycles. The Balaban J connectivity index is 4.31. The van der Waals surface area contributed by atoms with Gasteiger partial charge in [-0.2, -0.15) is 4.99 Å². The predicted octanol–water partition coefficient (Wildman–Crippen LogP) is -0.273. The van der Waals surface area contributed by atoms with Gasteiger partial charge in [-0.1, -0.05) is 6.92 Å². The lowest BCUT2D eigenvalue weighted by Gasteiger charge is -1.99. The van der Waals surface area contributed by atoms with Crippen LogP contribution in [0.1, 0.15) is 13.3 Å². The van der Waals surface area contributed by atoms with Crippen LogP contribution in [0.4, 0.5) is 0 Å². The molecule has 68 valence electrons. The van der Waals surface area contributed by atoms with E-state index >= 15 is 0 Å². The zero-order chi connectivity index (χ0) is 9.56. The van der Waals surface area contributed by atoms with Crippen LogP contribution in [-0.2, 0) is 9.53 Å². The van der Waals surface area contributed by atoms with E-state index in [1.54, 1.807) is 0 Å². The van der Waals surface area contributed by atoms with E-state index < -0.39 is 5.91 Å². The molecule has 0 aliphatic carbocycles. The van der Waals surface area contributed by atoms with Crippen LogP contribution in [-0.4, -0.2) is 19.0 Å². The number of hydrogen-bond donors (Lipinski definition) is 2. The summed E-state index contributed by atoms with van der Waals surface area (Å²) in [7, 11) is 1.48. The lowest BCUT2D eigenvalue weighted by Crippen LogP contribution is -2.23. The Labute approximate surface area is 71.1 Å². The van der Waals surface area contributed by atoms with Crippen molar-refractivity contribution in [3.8, 4) is 0 Å². The van der Waals surface area contributed by atoms with E-state index in [9.17, 15) is 4.79 Å². The Bertz CT molecular complexity index is 211. The van der Waals surface area contributed by atoms with Crippen molar-refractivity contribution >= 4 is 11.9 Å². The molecule has 1 amide bonds. The van der Waals surface area contributed by atoms with Gasteiger partial charge in [0, 0.05) is 12.5 Å². The second kappa shape index (κ2) is 5.17. The molecular weight excluding hydrogens is 158 g/mol. The van der Waals surface area contributed by atoms with Crippen LogP contribution in [0.2, 0.25) is 0 Å². The SMILES string of the molecule is CC/C(=C\C(=O)N=C(N)N)OC. The van der Waals surface area contributed by atoms with E-state index in [1.165, 1.54) is 13.2 Å². The molecule has 5 heteroatoms. The first kappa shape index (κ1) is 10.5. The van der Waals surface area contributed by atoms with Gasteiger partial charge in [-0.15, -0.1) is 0 Å². The molecule has 0 unspecified atom stereocenters. The highest BCUT2D eigenvalue weighted by Crippen LogP contribution is 2.00. The molecule has 12 heavy (non-hydrogen) atoms. The van der Waals surface area contributed by atoms with E-state index in [2.05, 4.69) is 4.99 Å². The number of carbonyl (C=O) groups excluding carboxylic acids is 1. The van der Waals surface area contributed by atoms with Crippen molar-refractivity contribution in [2.24, 2.45) is 16.5 Å². The van der Waals surface area contributed by atoms with Crippen LogP contribution < -0.4 is 11.5 Å². The van der Waals surface area contributed by atoms with Crippen LogP contribution in [0.25, 0.3) is 0 Å². The first-order valence-corrected chi connectivity index (χ1v) is 3.48. The molecule has 0 saturated carbocycles. The van der Waals surface area contributed by atoms with E-state index in [0.717, 1.165) is 0 Å². The number of guanidine groups is 1. The first-order valence-electron chi connectivity index (χ1n) is 3.48. The fraction of sp³-hybridized carbons (Fsp3) is 0.429. The van der Waals surface area contributed by atoms with Crippen molar-refractivity contribution in [2.75, 3.05) is 7.11 Å². The van der Waals surface area contributed by atoms with Gasteiger partial charge in [-0.3, -0.25) is 4.79 Å². The average molecular weight is 171 g/mol. The second-order valence-electron chi connectivity index (χ2n) is 2.04. The zero-order valence-electron chi connectivity index (χ0n) is 7.20. The molecule has 5 nitrogen and oxygen atoms in total. The van der Waals surface area contributed by atoms with Gasteiger partial charge in [0.2, 0.25) is 0 Å². The third kappa shape index (κ3) is 4.32. The molecule has 0 atom stereocenters.